The molecule has 0 saturated heterocycles. The number of allylic oxidation sites excluding steroid dienone is 1. The molecule has 0 heterocycles. The number of hydrogen-bond donors (Lipinski definition) is 0. The molecular formula is C20H44O6Si2. The predicted molar refractivity (Wildman–Crippen MR) is 118 cm³/mol. The average Bonchev–Trinajstić information content (AvgIpc) is 2.64. The smallest absolute Gasteiger partial charge is 0.373 e. The normalized spacial score (nSPS) is 14.9. The van der Waals surface area contributed by atoms with Crippen LogP contribution in [0.5, 0.6) is 0 Å². The molecule has 2 unspecified atom stereocenters. The van der Waals surface area contributed by atoms with E-state index in [9.17, 15) is 0 Å². The van der Waals surface area contributed by atoms with Crippen LogP contribution in [0.1, 0.15) is 68.2 Å². The van der Waals surface area contributed by atoms with Gasteiger partial charge in [0, 0.05) is 50.7 Å². The van der Waals surface area contributed by atoms with Crippen molar-refractivity contribution in [2.75, 3.05) is 39.6 Å². The molecule has 0 N–H and O–H groups in total. The Morgan fingerprint density at radius 2 is 0.750 bits per heavy atom. The summed E-state index contributed by atoms with van der Waals surface area (Å²) in [4.78, 5) is 0. The van der Waals surface area contributed by atoms with Crippen molar-refractivity contribution in [3.8, 4) is 0 Å². The van der Waals surface area contributed by atoms with Gasteiger partial charge in [0.05, 0.1) is 0 Å². The van der Waals surface area contributed by atoms with Crippen LogP contribution in [0.2, 0.25) is 11.1 Å². The first-order chi connectivity index (χ1) is 13.4. The largest absolute Gasteiger partial charge is 0.508 e. The molecular weight excluding hydrogens is 392 g/mol. The molecule has 168 valence electrons. The Hall–Kier alpha value is -0.0662. The lowest BCUT2D eigenvalue weighted by atomic mass is 10.1. The Morgan fingerprint density at radius 3 is 0.893 bits per heavy atom. The van der Waals surface area contributed by atoms with Crippen LogP contribution in [0.25, 0.3) is 0 Å². The third-order valence-corrected chi connectivity index (χ3v) is 12.0. The zero-order valence-electron chi connectivity index (χ0n) is 19.5. The summed E-state index contributed by atoms with van der Waals surface area (Å²) in [6.45, 7) is 23.9. The van der Waals surface area contributed by atoms with Crippen molar-refractivity contribution in [1.82, 2.24) is 0 Å². The summed E-state index contributed by atoms with van der Waals surface area (Å²) >= 11 is 0. The van der Waals surface area contributed by atoms with E-state index in [1.54, 1.807) is 0 Å². The Balaban J connectivity index is 6.16. The summed E-state index contributed by atoms with van der Waals surface area (Å²) in [6.07, 6.45) is 1.63. The molecule has 0 saturated carbocycles. The van der Waals surface area contributed by atoms with E-state index >= 15 is 0 Å². The van der Waals surface area contributed by atoms with Gasteiger partial charge in [0.25, 0.3) is 0 Å². The van der Waals surface area contributed by atoms with Crippen LogP contribution in [0.15, 0.2) is 12.2 Å². The van der Waals surface area contributed by atoms with E-state index in [4.69, 9.17) is 26.6 Å². The lowest BCUT2D eigenvalue weighted by Gasteiger charge is -2.41. The Morgan fingerprint density at radius 1 is 0.536 bits per heavy atom. The van der Waals surface area contributed by atoms with Crippen molar-refractivity contribution in [3.63, 3.8) is 0 Å². The first-order valence-corrected chi connectivity index (χ1v) is 14.5. The van der Waals surface area contributed by atoms with Gasteiger partial charge in [-0.05, 0) is 54.4 Å². The molecule has 0 amide bonds. The molecule has 6 nitrogen and oxygen atoms in total. The van der Waals surface area contributed by atoms with Crippen LogP contribution in [0, 0.1) is 0 Å². The first-order valence-electron chi connectivity index (χ1n) is 10.9. The van der Waals surface area contributed by atoms with E-state index in [0.717, 1.165) is 18.4 Å². The second kappa shape index (κ2) is 14.8. The molecule has 0 aromatic rings. The average molecular weight is 437 g/mol. The van der Waals surface area contributed by atoms with Crippen molar-refractivity contribution in [1.29, 1.82) is 0 Å². The van der Waals surface area contributed by atoms with E-state index < -0.39 is 17.6 Å². The molecule has 0 fully saturated rings. The standard InChI is InChI=1S/C20H44O6Si2/c1-10-19(27(21-12-3,22-13-4)23-14-5)18(9)20(11-2)28(24-15-6,25-16-7)26-17-8/h19-20H,9-17H2,1-8H3. The minimum Gasteiger partial charge on any atom is -0.373 e. The molecule has 0 aliphatic carbocycles. The van der Waals surface area contributed by atoms with Gasteiger partial charge in [-0.2, -0.15) is 0 Å². The quantitative estimate of drug-likeness (QED) is 0.217. The highest BCUT2D eigenvalue weighted by atomic mass is 28.4. The predicted octanol–water partition coefficient (Wildman–Crippen LogP) is 5.20. The molecule has 0 bridgehead atoms. The lowest BCUT2D eigenvalue weighted by molar-refractivity contribution is 0.0568. The lowest BCUT2D eigenvalue weighted by Crippen LogP contribution is -2.55. The van der Waals surface area contributed by atoms with Gasteiger partial charge in [-0.3, -0.25) is 0 Å². The van der Waals surface area contributed by atoms with E-state index in [-0.39, 0.29) is 11.1 Å². The summed E-state index contributed by atoms with van der Waals surface area (Å²) in [5.74, 6) is 0. The van der Waals surface area contributed by atoms with Gasteiger partial charge < -0.3 is 26.6 Å². The SMILES string of the molecule is C=C(C(CC)[Si](OCC)(OCC)OCC)C(CC)[Si](OCC)(OCC)OCC. The highest BCUT2D eigenvalue weighted by Crippen LogP contribution is 2.46. The van der Waals surface area contributed by atoms with Crippen molar-refractivity contribution in [2.45, 2.75) is 79.3 Å². The molecule has 0 aliphatic heterocycles. The third-order valence-electron chi connectivity index (χ3n) is 4.64. The monoisotopic (exact) mass is 436 g/mol. The van der Waals surface area contributed by atoms with E-state index in [0.29, 0.717) is 39.6 Å². The van der Waals surface area contributed by atoms with Crippen molar-refractivity contribution < 1.29 is 26.6 Å². The first kappa shape index (κ1) is 27.9. The minimum absolute atomic E-state index is 0.0365. The van der Waals surface area contributed by atoms with Crippen LogP contribution in [0.3, 0.4) is 0 Å². The topological polar surface area (TPSA) is 55.4 Å². The fraction of sp³-hybridized carbons (Fsp3) is 0.900. The molecule has 28 heavy (non-hydrogen) atoms. The third kappa shape index (κ3) is 7.02. The zero-order chi connectivity index (χ0) is 21.6. The molecule has 0 rings (SSSR count). The van der Waals surface area contributed by atoms with Gasteiger partial charge in [-0.1, -0.05) is 26.0 Å². The highest BCUT2D eigenvalue weighted by molar-refractivity contribution is 6.66. The summed E-state index contributed by atoms with van der Waals surface area (Å²) in [6, 6.07) is 0. The van der Waals surface area contributed by atoms with Crippen molar-refractivity contribution in [3.05, 3.63) is 12.2 Å². The molecule has 0 spiro atoms. The van der Waals surface area contributed by atoms with Crippen LogP contribution in [-0.2, 0) is 26.6 Å². The van der Waals surface area contributed by atoms with Crippen LogP contribution >= 0.6 is 0 Å². The fourth-order valence-electron chi connectivity index (χ4n) is 3.78. The van der Waals surface area contributed by atoms with Crippen molar-refractivity contribution in [2.24, 2.45) is 0 Å². The fourth-order valence-corrected chi connectivity index (χ4v) is 10.4. The Kier molecular flexibility index (Phi) is 14.8. The van der Waals surface area contributed by atoms with Gasteiger partial charge in [0.1, 0.15) is 0 Å². The molecule has 0 aliphatic rings. The van der Waals surface area contributed by atoms with Crippen LogP contribution in [0.4, 0.5) is 0 Å². The maximum atomic E-state index is 6.20. The molecule has 0 aromatic carbocycles. The maximum Gasteiger partial charge on any atom is 0.508 e. The maximum absolute atomic E-state index is 6.20. The van der Waals surface area contributed by atoms with Gasteiger partial charge in [-0.15, -0.1) is 0 Å². The van der Waals surface area contributed by atoms with Crippen LogP contribution < -0.4 is 0 Å². The van der Waals surface area contributed by atoms with E-state index in [2.05, 4.69) is 20.4 Å². The van der Waals surface area contributed by atoms with E-state index in [1.165, 1.54) is 0 Å². The number of hydrogen-bond acceptors (Lipinski definition) is 6. The summed E-state index contributed by atoms with van der Waals surface area (Å²) in [5, 5.41) is 0. The summed E-state index contributed by atoms with van der Waals surface area (Å²) in [5.41, 5.74) is 0.935. The van der Waals surface area contributed by atoms with Crippen LogP contribution in [-0.4, -0.2) is 57.3 Å². The minimum atomic E-state index is -2.96. The highest BCUT2D eigenvalue weighted by Gasteiger charge is 2.56. The Labute approximate surface area is 175 Å². The second-order valence-electron chi connectivity index (χ2n) is 6.30. The molecule has 0 aromatic heterocycles. The van der Waals surface area contributed by atoms with Gasteiger partial charge >= 0.3 is 17.6 Å². The zero-order valence-corrected chi connectivity index (χ0v) is 21.5. The van der Waals surface area contributed by atoms with Gasteiger partial charge in [-0.25, -0.2) is 0 Å². The molecule has 0 radical (unpaired) electrons. The van der Waals surface area contributed by atoms with Crippen molar-refractivity contribution >= 4 is 17.6 Å². The molecule has 8 heteroatoms. The van der Waals surface area contributed by atoms with Gasteiger partial charge in [0.2, 0.25) is 0 Å². The summed E-state index contributed by atoms with van der Waals surface area (Å²) < 4.78 is 37.2. The van der Waals surface area contributed by atoms with E-state index in [1.807, 2.05) is 41.5 Å². The number of rotatable bonds is 18. The molecule has 2 atom stereocenters. The Bertz CT molecular complexity index is 351. The summed E-state index contributed by atoms with van der Waals surface area (Å²) in [7, 11) is -5.92. The van der Waals surface area contributed by atoms with Gasteiger partial charge in [0.15, 0.2) is 0 Å². The second-order valence-corrected chi connectivity index (χ2v) is 11.8.